The molecule has 7 saturated carbocycles. The van der Waals surface area contributed by atoms with E-state index in [1.807, 2.05) is 0 Å². The molecule has 0 aliphatic heterocycles. The highest BCUT2D eigenvalue weighted by Gasteiger charge is 2.68. The number of rotatable bonds is 1. The molecule has 13 atom stereocenters. The molecule has 7 rings (SSSR count). The smallest absolute Gasteiger partial charge is 0.0230 e. The van der Waals surface area contributed by atoms with Crippen LogP contribution in [0.2, 0.25) is 0 Å². The fourth-order valence-corrected chi connectivity index (χ4v) is 14.5. The zero-order chi connectivity index (χ0) is 28.2. The highest BCUT2D eigenvalue weighted by atomic mass is 14.7. The minimum atomic E-state index is 0.451. The lowest BCUT2D eigenvalue weighted by Crippen LogP contribution is -2.49. The van der Waals surface area contributed by atoms with E-state index in [0.29, 0.717) is 16.2 Å². The summed E-state index contributed by atoms with van der Waals surface area (Å²) in [5.41, 5.74) is 1.56. The van der Waals surface area contributed by atoms with E-state index in [9.17, 15) is 0 Å². The molecule has 0 heterocycles. The van der Waals surface area contributed by atoms with Crippen molar-refractivity contribution in [3.05, 3.63) is 0 Å². The number of hydrogen-bond donors (Lipinski definition) is 0. The van der Waals surface area contributed by atoms with Gasteiger partial charge in [0.2, 0.25) is 0 Å². The summed E-state index contributed by atoms with van der Waals surface area (Å²) in [6, 6.07) is 0. The van der Waals surface area contributed by atoms with Crippen molar-refractivity contribution >= 4 is 0 Å². The van der Waals surface area contributed by atoms with Crippen molar-refractivity contribution < 1.29 is 0 Å². The molecule has 0 saturated heterocycles. The van der Waals surface area contributed by atoms with Gasteiger partial charge >= 0.3 is 0 Å². The molecule has 0 aromatic carbocycles. The van der Waals surface area contributed by atoms with Crippen molar-refractivity contribution in [3.8, 4) is 0 Å². The Bertz CT molecular complexity index is 889. The lowest BCUT2D eigenvalue weighted by atomic mass is 9.48. The summed E-state index contributed by atoms with van der Waals surface area (Å²) in [6.07, 6.45) is 23.9. The molecule has 0 N–H and O–H groups in total. The zero-order valence-electron chi connectivity index (χ0n) is 28.2. The minimum absolute atomic E-state index is 0.451. The first-order valence-corrected chi connectivity index (χ1v) is 18.9. The first-order valence-electron chi connectivity index (χ1n) is 18.9. The Hall–Kier alpha value is 0. The Labute approximate surface area is 250 Å². The molecule has 228 valence electrons. The van der Waals surface area contributed by atoms with Crippen LogP contribution in [0.5, 0.6) is 0 Å². The molecular formula is C40H68. The molecule has 1 spiro atoms. The Morgan fingerprint density at radius 3 is 1.85 bits per heavy atom. The molecule has 0 amide bonds. The van der Waals surface area contributed by atoms with Crippen molar-refractivity contribution in [2.45, 2.75) is 152 Å². The third kappa shape index (κ3) is 4.46. The van der Waals surface area contributed by atoms with Crippen LogP contribution in [0.3, 0.4) is 0 Å². The lowest BCUT2D eigenvalue weighted by molar-refractivity contribution is -0.0777. The maximum absolute atomic E-state index is 2.61. The summed E-state index contributed by atoms with van der Waals surface area (Å²) in [5.74, 6) is 14.7. The standard InChI is InChI=1S/C40H68/c1-24(2)26-15-16-32-35(20-26)40(22-28(38(3,4)5)21-29(23-40)39(6,7)8)34-18-17-31-33(37(32)34)19-27-14-13-25-11-9-10-12-30(25)36(27)31/h24-37H,9-23H2,1-8H3. The monoisotopic (exact) mass is 549 g/mol. The summed E-state index contributed by atoms with van der Waals surface area (Å²) in [6.45, 7) is 20.8. The first-order chi connectivity index (χ1) is 18.9. The highest BCUT2D eigenvalue weighted by Crippen LogP contribution is 2.75. The number of fused-ring (bicyclic) bond motifs is 11. The highest BCUT2D eigenvalue weighted by molar-refractivity contribution is 5.17. The van der Waals surface area contributed by atoms with Crippen molar-refractivity contribution in [3.63, 3.8) is 0 Å². The molecule has 0 nitrogen and oxygen atoms in total. The third-order valence-corrected chi connectivity index (χ3v) is 16.4. The van der Waals surface area contributed by atoms with E-state index in [1.54, 1.807) is 89.9 Å². The molecule has 7 aliphatic carbocycles. The van der Waals surface area contributed by atoms with Gasteiger partial charge in [-0.25, -0.2) is 0 Å². The van der Waals surface area contributed by atoms with Crippen LogP contribution in [0.1, 0.15) is 152 Å². The summed E-state index contributed by atoms with van der Waals surface area (Å²) in [4.78, 5) is 0. The zero-order valence-corrected chi connectivity index (χ0v) is 28.2. The predicted octanol–water partition coefficient (Wildman–Crippen LogP) is 11.7. The molecule has 0 aromatic rings. The molecule has 40 heavy (non-hydrogen) atoms. The van der Waals surface area contributed by atoms with Crippen molar-refractivity contribution in [2.24, 2.45) is 99.1 Å². The molecule has 0 aromatic heterocycles. The Morgan fingerprint density at radius 2 is 1.18 bits per heavy atom. The second kappa shape index (κ2) is 10.0. The van der Waals surface area contributed by atoms with E-state index in [2.05, 4.69) is 55.4 Å². The largest absolute Gasteiger partial charge is 0.0625 e. The van der Waals surface area contributed by atoms with Gasteiger partial charge in [0.1, 0.15) is 0 Å². The van der Waals surface area contributed by atoms with Gasteiger partial charge in [-0.15, -0.1) is 0 Å². The molecule has 0 radical (unpaired) electrons. The van der Waals surface area contributed by atoms with E-state index < -0.39 is 0 Å². The van der Waals surface area contributed by atoms with Crippen LogP contribution >= 0.6 is 0 Å². The Kier molecular flexibility index (Phi) is 7.20. The quantitative estimate of drug-likeness (QED) is 0.306. The lowest BCUT2D eigenvalue weighted by Gasteiger charge is -2.57. The number of hydrogen-bond acceptors (Lipinski definition) is 0. The van der Waals surface area contributed by atoms with E-state index >= 15 is 0 Å². The molecule has 0 bridgehead atoms. The second-order valence-corrected chi connectivity index (χ2v) is 20.0. The molecule has 13 unspecified atom stereocenters. The normalized spacial score (nSPS) is 52.6. The van der Waals surface area contributed by atoms with Crippen molar-refractivity contribution in [1.29, 1.82) is 0 Å². The van der Waals surface area contributed by atoms with E-state index in [0.717, 1.165) is 82.9 Å². The summed E-state index contributed by atoms with van der Waals surface area (Å²) in [5, 5.41) is 0. The molecule has 7 fully saturated rings. The molecular weight excluding hydrogens is 480 g/mol. The van der Waals surface area contributed by atoms with Crippen LogP contribution in [0, 0.1) is 99.1 Å². The maximum atomic E-state index is 2.61. The van der Waals surface area contributed by atoms with Gasteiger partial charge < -0.3 is 0 Å². The second-order valence-electron chi connectivity index (χ2n) is 20.0. The van der Waals surface area contributed by atoms with Crippen LogP contribution < -0.4 is 0 Å². The van der Waals surface area contributed by atoms with E-state index in [4.69, 9.17) is 0 Å². The molecule has 7 aliphatic rings. The summed E-state index contributed by atoms with van der Waals surface area (Å²) >= 11 is 0. The average molecular weight is 549 g/mol. The van der Waals surface area contributed by atoms with Crippen LogP contribution in [-0.4, -0.2) is 0 Å². The van der Waals surface area contributed by atoms with Gasteiger partial charge in [-0.1, -0.05) is 74.7 Å². The van der Waals surface area contributed by atoms with Crippen LogP contribution in [0.4, 0.5) is 0 Å². The Morgan fingerprint density at radius 1 is 0.525 bits per heavy atom. The van der Waals surface area contributed by atoms with Crippen LogP contribution in [-0.2, 0) is 0 Å². The van der Waals surface area contributed by atoms with Crippen LogP contribution in [0.15, 0.2) is 0 Å². The van der Waals surface area contributed by atoms with Crippen LogP contribution in [0.25, 0.3) is 0 Å². The average Bonchev–Trinajstić information content (AvgIpc) is 3.41. The summed E-state index contributed by atoms with van der Waals surface area (Å²) in [7, 11) is 0. The van der Waals surface area contributed by atoms with Gasteiger partial charge in [0.05, 0.1) is 0 Å². The fraction of sp³-hybridized carbons (Fsp3) is 1.00. The third-order valence-electron chi connectivity index (χ3n) is 16.4. The van der Waals surface area contributed by atoms with E-state index in [1.165, 1.54) is 6.42 Å². The van der Waals surface area contributed by atoms with Gasteiger partial charge in [0.15, 0.2) is 0 Å². The van der Waals surface area contributed by atoms with Crippen molar-refractivity contribution in [2.75, 3.05) is 0 Å². The SMILES string of the molecule is CC(C)C1CCC2C3C4CC5CCC6CCCCC6C5C4CCC3C3(CC(C(C)(C)C)CC(C(C)(C)C)C3)C2C1. The molecule has 0 heteroatoms. The van der Waals surface area contributed by atoms with Gasteiger partial charge in [0, 0.05) is 0 Å². The van der Waals surface area contributed by atoms with Gasteiger partial charge in [0.25, 0.3) is 0 Å². The van der Waals surface area contributed by atoms with Gasteiger partial charge in [-0.3, -0.25) is 0 Å². The van der Waals surface area contributed by atoms with Gasteiger partial charge in [-0.2, -0.15) is 0 Å². The first kappa shape index (κ1) is 28.8. The maximum Gasteiger partial charge on any atom is -0.0230 e. The topological polar surface area (TPSA) is 0 Å². The Balaban J connectivity index is 1.27. The van der Waals surface area contributed by atoms with Gasteiger partial charge in [-0.05, 0) is 176 Å². The summed E-state index contributed by atoms with van der Waals surface area (Å²) < 4.78 is 0. The fourth-order valence-electron chi connectivity index (χ4n) is 14.5. The van der Waals surface area contributed by atoms with E-state index in [-0.39, 0.29) is 0 Å². The predicted molar refractivity (Wildman–Crippen MR) is 171 cm³/mol. The minimum Gasteiger partial charge on any atom is -0.0625 e. The van der Waals surface area contributed by atoms with Crippen molar-refractivity contribution in [1.82, 2.24) is 0 Å².